The van der Waals surface area contributed by atoms with E-state index in [0.717, 1.165) is 5.92 Å². The number of benzene rings is 1. The summed E-state index contributed by atoms with van der Waals surface area (Å²) in [5.41, 5.74) is 8.50. The number of likely N-dealkylation sites (N-methyl/N-ethyl adjacent to an activating group) is 1. The van der Waals surface area contributed by atoms with Crippen molar-refractivity contribution in [1.82, 2.24) is 5.32 Å². The van der Waals surface area contributed by atoms with Gasteiger partial charge >= 0.3 is 0 Å². The normalized spacial score (nSPS) is 18.1. The van der Waals surface area contributed by atoms with Gasteiger partial charge in [-0.05, 0) is 36.9 Å². The molecule has 1 saturated carbocycles. The minimum Gasteiger partial charge on any atom is -0.329 e. The molecule has 76 valence electrons. The highest BCUT2D eigenvalue weighted by atomic mass is 14.9. The Morgan fingerprint density at radius 2 is 2.29 bits per heavy atom. The smallest absolute Gasteiger partial charge is 0.0442 e. The van der Waals surface area contributed by atoms with Gasteiger partial charge in [0.2, 0.25) is 0 Å². The molecular weight excluding hydrogens is 172 g/mol. The van der Waals surface area contributed by atoms with Crippen molar-refractivity contribution in [1.29, 1.82) is 0 Å². The Hall–Kier alpha value is -0.860. The molecule has 0 aromatic heterocycles. The van der Waals surface area contributed by atoms with Gasteiger partial charge in [-0.25, -0.2) is 0 Å². The largest absolute Gasteiger partial charge is 0.329 e. The van der Waals surface area contributed by atoms with Gasteiger partial charge in [0.1, 0.15) is 0 Å². The maximum atomic E-state index is 5.69. The first-order valence-electron chi connectivity index (χ1n) is 5.32. The molecule has 1 aromatic carbocycles. The fourth-order valence-electron chi connectivity index (χ4n) is 1.87. The standard InChI is InChI=1S/C12H18N2/c1-14-12(8-13)11-4-2-3-10(7-11)9-5-6-9/h2-4,7,9,12,14H,5-6,8,13H2,1H3. The van der Waals surface area contributed by atoms with Crippen molar-refractivity contribution in [3.63, 3.8) is 0 Å². The van der Waals surface area contributed by atoms with E-state index in [1.54, 1.807) is 0 Å². The summed E-state index contributed by atoms with van der Waals surface area (Å²) in [6, 6.07) is 9.12. The van der Waals surface area contributed by atoms with Crippen LogP contribution in [0.5, 0.6) is 0 Å². The first-order chi connectivity index (χ1) is 6.85. The van der Waals surface area contributed by atoms with Crippen LogP contribution in [0.15, 0.2) is 24.3 Å². The SMILES string of the molecule is CNC(CN)c1cccc(C2CC2)c1. The molecule has 2 nitrogen and oxygen atoms in total. The lowest BCUT2D eigenvalue weighted by Gasteiger charge is -2.14. The Balaban J connectivity index is 2.19. The van der Waals surface area contributed by atoms with Gasteiger partial charge in [0.15, 0.2) is 0 Å². The predicted molar refractivity (Wildman–Crippen MR) is 59.3 cm³/mol. The molecular formula is C12H18N2. The third-order valence-electron chi connectivity index (χ3n) is 2.95. The van der Waals surface area contributed by atoms with Gasteiger partial charge in [0.25, 0.3) is 0 Å². The average Bonchev–Trinajstić information content (AvgIpc) is 3.03. The number of hydrogen-bond donors (Lipinski definition) is 2. The fraction of sp³-hybridized carbons (Fsp3) is 0.500. The first-order valence-corrected chi connectivity index (χ1v) is 5.32. The van der Waals surface area contributed by atoms with Gasteiger partial charge < -0.3 is 11.1 Å². The maximum absolute atomic E-state index is 5.69. The molecule has 2 heteroatoms. The van der Waals surface area contributed by atoms with Crippen LogP contribution in [0, 0.1) is 0 Å². The third kappa shape index (κ3) is 1.97. The lowest BCUT2D eigenvalue weighted by molar-refractivity contribution is 0.605. The average molecular weight is 190 g/mol. The maximum Gasteiger partial charge on any atom is 0.0442 e. The molecule has 0 amide bonds. The van der Waals surface area contributed by atoms with Crippen LogP contribution in [0.1, 0.15) is 35.9 Å². The lowest BCUT2D eigenvalue weighted by Crippen LogP contribution is -2.24. The minimum absolute atomic E-state index is 0.300. The summed E-state index contributed by atoms with van der Waals surface area (Å²) >= 11 is 0. The van der Waals surface area contributed by atoms with Crippen LogP contribution < -0.4 is 11.1 Å². The van der Waals surface area contributed by atoms with E-state index in [-0.39, 0.29) is 0 Å². The van der Waals surface area contributed by atoms with Gasteiger partial charge in [-0.2, -0.15) is 0 Å². The summed E-state index contributed by atoms with van der Waals surface area (Å²) in [5.74, 6) is 0.824. The molecule has 1 aliphatic rings. The van der Waals surface area contributed by atoms with Gasteiger partial charge in [0.05, 0.1) is 0 Å². The van der Waals surface area contributed by atoms with Crippen molar-refractivity contribution in [3.05, 3.63) is 35.4 Å². The Bertz CT molecular complexity index is 301. The van der Waals surface area contributed by atoms with E-state index in [1.165, 1.54) is 24.0 Å². The Kier molecular flexibility index (Phi) is 2.85. The zero-order valence-electron chi connectivity index (χ0n) is 8.66. The molecule has 2 rings (SSSR count). The van der Waals surface area contributed by atoms with Gasteiger partial charge in [0, 0.05) is 12.6 Å². The molecule has 14 heavy (non-hydrogen) atoms. The number of nitrogens with one attached hydrogen (secondary N) is 1. The van der Waals surface area contributed by atoms with Gasteiger partial charge in [-0.1, -0.05) is 24.3 Å². The second kappa shape index (κ2) is 4.11. The zero-order valence-corrected chi connectivity index (χ0v) is 8.66. The van der Waals surface area contributed by atoms with Crippen molar-refractivity contribution in [2.45, 2.75) is 24.8 Å². The molecule has 3 N–H and O–H groups in total. The molecule has 1 aliphatic carbocycles. The van der Waals surface area contributed by atoms with Crippen LogP contribution in [-0.2, 0) is 0 Å². The molecule has 0 saturated heterocycles. The summed E-state index contributed by atoms with van der Waals surface area (Å²) in [7, 11) is 1.96. The third-order valence-corrected chi connectivity index (χ3v) is 2.95. The Morgan fingerprint density at radius 3 is 2.86 bits per heavy atom. The van der Waals surface area contributed by atoms with Crippen LogP contribution in [0.2, 0.25) is 0 Å². The van der Waals surface area contributed by atoms with E-state index in [2.05, 4.69) is 29.6 Å². The number of hydrogen-bond acceptors (Lipinski definition) is 2. The zero-order chi connectivity index (χ0) is 9.97. The van der Waals surface area contributed by atoms with Crippen molar-refractivity contribution in [3.8, 4) is 0 Å². The monoisotopic (exact) mass is 190 g/mol. The topological polar surface area (TPSA) is 38.0 Å². The Morgan fingerprint density at radius 1 is 1.50 bits per heavy atom. The molecule has 0 aliphatic heterocycles. The number of rotatable bonds is 4. The van der Waals surface area contributed by atoms with E-state index in [4.69, 9.17) is 5.73 Å². The molecule has 0 heterocycles. The second-order valence-corrected chi connectivity index (χ2v) is 4.02. The van der Waals surface area contributed by atoms with Crippen molar-refractivity contribution < 1.29 is 0 Å². The van der Waals surface area contributed by atoms with Crippen LogP contribution in [-0.4, -0.2) is 13.6 Å². The van der Waals surface area contributed by atoms with Gasteiger partial charge in [-0.15, -0.1) is 0 Å². The number of nitrogens with two attached hydrogens (primary N) is 1. The highest BCUT2D eigenvalue weighted by molar-refractivity contribution is 5.31. The van der Waals surface area contributed by atoms with E-state index in [1.807, 2.05) is 7.05 Å². The quantitative estimate of drug-likeness (QED) is 0.759. The Labute approximate surface area is 85.5 Å². The van der Waals surface area contributed by atoms with Crippen LogP contribution in [0.4, 0.5) is 0 Å². The molecule has 0 spiro atoms. The summed E-state index contributed by atoms with van der Waals surface area (Å²) in [5, 5.41) is 3.23. The molecule has 1 atom stereocenters. The van der Waals surface area contributed by atoms with Crippen molar-refractivity contribution >= 4 is 0 Å². The molecule has 1 fully saturated rings. The van der Waals surface area contributed by atoms with Crippen molar-refractivity contribution in [2.24, 2.45) is 5.73 Å². The van der Waals surface area contributed by atoms with Crippen molar-refractivity contribution in [2.75, 3.05) is 13.6 Å². The molecule has 0 radical (unpaired) electrons. The summed E-state index contributed by atoms with van der Waals surface area (Å²) in [6.45, 7) is 0.657. The summed E-state index contributed by atoms with van der Waals surface area (Å²) in [4.78, 5) is 0. The van der Waals surface area contributed by atoms with E-state index in [0.29, 0.717) is 12.6 Å². The van der Waals surface area contributed by atoms with Crippen LogP contribution in [0.3, 0.4) is 0 Å². The first kappa shape index (κ1) is 9.69. The molecule has 0 bridgehead atoms. The minimum atomic E-state index is 0.300. The van der Waals surface area contributed by atoms with Crippen LogP contribution >= 0.6 is 0 Å². The lowest BCUT2D eigenvalue weighted by atomic mass is 10.0. The van der Waals surface area contributed by atoms with E-state index >= 15 is 0 Å². The van der Waals surface area contributed by atoms with E-state index < -0.39 is 0 Å². The van der Waals surface area contributed by atoms with E-state index in [9.17, 15) is 0 Å². The highest BCUT2D eigenvalue weighted by Crippen LogP contribution is 2.40. The van der Waals surface area contributed by atoms with Crippen LogP contribution in [0.25, 0.3) is 0 Å². The predicted octanol–water partition coefficient (Wildman–Crippen LogP) is 1.78. The second-order valence-electron chi connectivity index (χ2n) is 4.02. The summed E-state index contributed by atoms with van der Waals surface area (Å²) in [6.07, 6.45) is 2.71. The highest BCUT2D eigenvalue weighted by Gasteiger charge is 2.23. The van der Waals surface area contributed by atoms with Gasteiger partial charge in [-0.3, -0.25) is 0 Å². The fourth-order valence-corrected chi connectivity index (χ4v) is 1.87. The summed E-state index contributed by atoms with van der Waals surface area (Å²) < 4.78 is 0. The molecule has 1 unspecified atom stereocenters. The molecule has 1 aromatic rings.